The minimum absolute atomic E-state index is 0.246. The lowest BCUT2D eigenvalue weighted by Gasteiger charge is -2.04. The van der Waals surface area contributed by atoms with Crippen molar-refractivity contribution in [2.75, 3.05) is 5.75 Å². The van der Waals surface area contributed by atoms with Crippen molar-refractivity contribution in [2.24, 2.45) is 0 Å². The molecule has 0 radical (unpaired) electrons. The monoisotopic (exact) mass is 196 g/mol. The molecular weight excluding hydrogens is 180 g/mol. The van der Waals surface area contributed by atoms with Gasteiger partial charge in [0.1, 0.15) is 0 Å². The number of hydrogen-bond donors (Lipinski definition) is 1. The van der Waals surface area contributed by atoms with Gasteiger partial charge in [-0.25, -0.2) is 0 Å². The van der Waals surface area contributed by atoms with Gasteiger partial charge in [-0.15, -0.1) is 11.8 Å². The summed E-state index contributed by atoms with van der Waals surface area (Å²) in [6.45, 7) is 3.96. The Morgan fingerprint density at radius 1 is 1.31 bits per heavy atom. The summed E-state index contributed by atoms with van der Waals surface area (Å²) in [4.78, 5) is 1.30. The molecule has 1 rings (SSSR count). The third kappa shape index (κ3) is 3.83. The molecule has 72 valence electrons. The zero-order chi connectivity index (χ0) is 9.68. The number of hydrogen-bond acceptors (Lipinski definition) is 2. The highest BCUT2D eigenvalue weighted by Gasteiger charge is 1.98. The molecule has 1 aromatic rings. The van der Waals surface area contributed by atoms with Crippen LogP contribution < -0.4 is 0 Å². The highest BCUT2D eigenvalue weighted by Crippen LogP contribution is 2.18. The van der Waals surface area contributed by atoms with E-state index < -0.39 is 0 Å². The average Bonchev–Trinajstić information content (AvgIpc) is 2.08. The van der Waals surface area contributed by atoms with Gasteiger partial charge in [0.05, 0.1) is 6.10 Å². The first-order valence-electron chi connectivity index (χ1n) is 4.62. The Morgan fingerprint density at radius 2 is 1.92 bits per heavy atom. The summed E-state index contributed by atoms with van der Waals surface area (Å²) in [6.07, 6.45) is 0.501. The lowest BCUT2D eigenvalue weighted by molar-refractivity contribution is 0.195. The molecule has 0 fully saturated rings. The third-order valence-electron chi connectivity index (χ3n) is 1.77. The topological polar surface area (TPSA) is 20.2 Å². The molecule has 0 saturated heterocycles. The van der Waals surface area contributed by atoms with E-state index >= 15 is 0 Å². The van der Waals surface area contributed by atoms with Crippen LogP contribution in [-0.4, -0.2) is 17.0 Å². The van der Waals surface area contributed by atoms with Crippen LogP contribution in [0.4, 0.5) is 0 Å². The lowest BCUT2D eigenvalue weighted by atomic mass is 10.1. The maximum absolute atomic E-state index is 9.17. The highest BCUT2D eigenvalue weighted by molar-refractivity contribution is 7.99. The van der Waals surface area contributed by atoms with Gasteiger partial charge in [-0.3, -0.25) is 0 Å². The molecule has 13 heavy (non-hydrogen) atoms. The first-order valence-corrected chi connectivity index (χ1v) is 5.60. The minimum Gasteiger partial charge on any atom is -0.393 e. The van der Waals surface area contributed by atoms with E-state index in [1.807, 2.05) is 18.7 Å². The van der Waals surface area contributed by atoms with Gasteiger partial charge >= 0.3 is 0 Å². The van der Waals surface area contributed by atoms with Crippen molar-refractivity contribution in [3.05, 3.63) is 29.8 Å². The van der Waals surface area contributed by atoms with E-state index in [1.165, 1.54) is 10.5 Å². The second-order valence-corrected chi connectivity index (χ2v) is 4.47. The van der Waals surface area contributed by atoms with Crippen molar-refractivity contribution in [1.82, 2.24) is 0 Å². The van der Waals surface area contributed by atoms with Crippen molar-refractivity contribution < 1.29 is 5.11 Å². The fourth-order valence-electron chi connectivity index (χ4n) is 1.23. The molecule has 0 unspecified atom stereocenters. The van der Waals surface area contributed by atoms with Gasteiger partial charge in [-0.2, -0.15) is 0 Å². The first kappa shape index (κ1) is 10.6. The second kappa shape index (κ2) is 5.30. The third-order valence-corrected chi connectivity index (χ3v) is 2.66. The Bertz CT molecular complexity index is 241. The van der Waals surface area contributed by atoms with E-state index in [-0.39, 0.29) is 6.10 Å². The molecule has 0 aliphatic rings. The summed E-state index contributed by atoms with van der Waals surface area (Å²) in [5.74, 6) is 1.11. The van der Waals surface area contributed by atoms with Crippen LogP contribution in [0.25, 0.3) is 0 Å². The maximum Gasteiger partial charge on any atom is 0.0552 e. The van der Waals surface area contributed by atoms with Crippen molar-refractivity contribution in [3.63, 3.8) is 0 Å². The van der Waals surface area contributed by atoms with E-state index in [1.54, 1.807) is 0 Å². The predicted molar refractivity (Wildman–Crippen MR) is 58.2 cm³/mol. The van der Waals surface area contributed by atoms with Crippen LogP contribution in [0.15, 0.2) is 29.2 Å². The molecule has 0 saturated carbocycles. The quantitative estimate of drug-likeness (QED) is 0.747. The van der Waals surface area contributed by atoms with E-state index in [2.05, 4.69) is 31.2 Å². The van der Waals surface area contributed by atoms with Crippen LogP contribution in [0.1, 0.15) is 19.4 Å². The SMILES string of the molecule is CCSc1ccc(C[C@H](C)O)cc1. The first-order chi connectivity index (χ1) is 6.22. The minimum atomic E-state index is -0.246. The molecule has 0 amide bonds. The van der Waals surface area contributed by atoms with Crippen LogP contribution in [0.3, 0.4) is 0 Å². The normalized spacial score (nSPS) is 12.8. The lowest BCUT2D eigenvalue weighted by Crippen LogP contribution is -2.03. The molecule has 1 N–H and O–H groups in total. The van der Waals surface area contributed by atoms with E-state index in [9.17, 15) is 5.11 Å². The molecule has 0 aliphatic heterocycles. The smallest absolute Gasteiger partial charge is 0.0552 e. The van der Waals surface area contributed by atoms with Crippen molar-refractivity contribution in [3.8, 4) is 0 Å². The fraction of sp³-hybridized carbons (Fsp3) is 0.455. The summed E-state index contributed by atoms with van der Waals surface area (Å²) < 4.78 is 0. The van der Waals surface area contributed by atoms with Crippen LogP contribution in [0, 0.1) is 0 Å². The largest absolute Gasteiger partial charge is 0.393 e. The summed E-state index contributed by atoms with van der Waals surface area (Å²) in [5, 5.41) is 9.17. The Balaban J connectivity index is 2.59. The van der Waals surface area contributed by atoms with Gasteiger partial charge in [0, 0.05) is 4.90 Å². The predicted octanol–water partition coefficient (Wildman–Crippen LogP) is 2.72. The maximum atomic E-state index is 9.17. The number of aliphatic hydroxyl groups excluding tert-OH is 1. The Hall–Kier alpha value is -0.470. The van der Waals surface area contributed by atoms with Gasteiger partial charge in [-0.05, 0) is 36.8 Å². The highest BCUT2D eigenvalue weighted by atomic mass is 32.2. The molecule has 1 nitrogen and oxygen atoms in total. The number of rotatable bonds is 4. The van der Waals surface area contributed by atoms with E-state index in [0.29, 0.717) is 0 Å². The van der Waals surface area contributed by atoms with Gasteiger partial charge < -0.3 is 5.11 Å². The van der Waals surface area contributed by atoms with Gasteiger partial charge in [-0.1, -0.05) is 19.1 Å². The van der Waals surface area contributed by atoms with Crippen LogP contribution >= 0.6 is 11.8 Å². The van der Waals surface area contributed by atoms with Crippen molar-refractivity contribution in [1.29, 1.82) is 0 Å². The van der Waals surface area contributed by atoms with Gasteiger partial charge in [0.15, 0.2) is 0 Å². The van der Waals surface area contributed by atoms with Crippen molar-refractivity contribution >= 4 is 11.8 Å². The molecule has 1 atom stereocenters. The number of aliphatic hydroxyl groups is 1. The van der Waals surface area contributed by atoms with E-state index in [0.717, 1.165) is 12.2 Å². The fourth-order valence-corrected chi connectivity index (χ4v) is 1.89. The van der Waals surface area contributed by atoms with E-state index in [4.69, 9.17) is 0 Å². The summed E-state index contributed by atoms with van der Waals surface area (Å²) in [6, 6.07) is 8.41. The molecular formula is C11H16OS. The zero-order valence-electron chi connectivity index (χ0n) is 8.16. The Kier molecular flexibility index (Phi) is 4.33. The van der Waals surface area contributed by atoms with Crippen LogP contribution in [0.5, 0.6) is 0 Å². The molecule has 0 aromatic heterocycles. The Labute approximate surface area is 84.2 Å². The molecule has 2 heteroatoms. The standard InChI is InChI=1S/C11H16OS/c1-3-13-11-6-4-10(5-7-11)8-9(2)12/h4-7,9,12H,3,8H2,1-2H3/t9-/m0/s1. The van der Waals surface area contributed by atoms with Gasteiger partial charge in [0.2, 0.25) is 0 Å². The molecule has 1 aromatic carbocycles. The molecule has 0 aliphatic carbocycles. The molecule has 0 bridgehead atoms. The number of benzene rings is 1. The number of thioether (sulfide) groups is 1. The van der Waals surface area contributed by atoms with Crippen LogP contribution in [0.2, 0.25) is 0 Å². The molecule has 0 spiro atoms. The van der Waals surface area contributed by atoms with Crippen LogP contribution in [-0.2, 0) is 6.42 Å². The second-order valence-electron chi connectivity index (χ2n) is 3.13. The summed E-state index contributed by atoms with van der Waals surface area (Å²) >= 11 is 1.84. The Morgan fingerprint density at radius 3 is 2.38 bits per heavy atom. The zero-order valence-corrected chi connectivity index (χ0v) is 8.97. The summed E-state index contributed by atoms with van der Waals surface area (Å²) in [5.41, 5.74) is 1.20. The average molecular weight is 196 g/mol. The molecule has 0 heterocycles. The van der Waals surface area contributed by atoms with Crippen molar-refractivity contribution in [2.45, 2.75) is 31.3 Å². The van der Waals surface area contributed by atoms with Gasteiger partial charge in [0.25, 0.3) is 0 Å². The summed E-state index contributed by atoms with van der Waals surface area (Å²) in [7, 11) is 0.